The van der Waals surface area contributed by atoms with E-state index in [0.717, 1.165) is 116 Å². The van der Waals surface area contributed by atoms with Gasteiger partial charge in [-0.2, -0.15) is 0 Å². The summed E-state index contributed by atoms with van der Waals surface area (Å²) >= 11 is 0. The highest BCUT2D eigenvalue weighted by molar-refractivity contribution is 5.71. The molecule has 0 aliphatic rings. The summed E-state index contributed by atoms with van der Waals surface area (Å²) in [6.45, 7) is 6.52. The molecule has 0 spiro atoms. The van der Waals surface area contributed by atoms with Crippen molar-refractivity contribution in [2.24, 2.45) is 0 Å². The molecule has 6 nitrogen and oxygen atoms in total. The first-order chi connectivity index (χ1) is 39.5. The monoisotopic (exact) mass is 1110 g/mol. The summed E-state index contributed by atoms with van der Waals surface area (Å²) in [5.41, 5.74) is 0. The van der Waals surface area contributed by atoms with E-state index in [4.69, 9.17) is 14.2 Å². The second kappa shape index (κ2) is 67.6. The van der Waals surface area contributed by atoms with Crippen LogP contribution in [0.2, 0.25) is 0 Å². The molecule has 0 aliphatic heterocycles. The second-order valence-corrected chi connectivity index (χ2v) is 22.3. The van der Waals surface area contributed by atoms with Crippen LogP contribution in [0.1, 0.15) is 323 Å². The van der Waals surface area contributed by atoms with Crippen LogP contribution in [0.5, 0.6) is 0 Å². The van der Waals surface area contributed by atoms with Gasteiger partial charge in [-0.3, -0.25) is 14.4 Å². The molecule has 0 saturated heterocycles. The van der Waals surface area contributed by atoms with Gasteiger partial charge in [-0.15, -0.1) is 0 Å². The van der Waals surface area contributed by atoms with Crippen molar-refractivity contribution in [3.05, 3.63) is 109 Å². The van der Waals surface area contributed by atoms with E-state index in [1.54, 1.807) is 0 Å². The van der Waals surface area contributed by atoms with E-state index < -0.39 is 6.10 Å². The van der Waals surface area contributed by atoms with E-state index in [-0.39, 0.29) is 31.1 Å². The topological polar surface area (TPSA) is 78.9 Å². The van der Waals surface area contributed by atoms with E-state index in [1.165, 1.54) is 167 Å². The molecule has 0 amide bonds. The summed E-state index contributed by atoms with van der Waals surface area (Å²) in [6, 6.07) is 0. The van der Waals surface area contributed by atoms with Gasteiger partial charge in [0.05, 0.1) is 0 Å². The maximum atomic E-state index is 12.9. The molecule has 0 saturated carbocycles. The van der Waals surface area contributed by atoms with Crippen LogP contribution in [-0.4, -0.2) is 37.2 Å². The van der Waals surface area contributed by atoms with E-state index in [2.05, 4.69) is 130 Å². The quantitative estimate of drug-likeness (QED) is 0.0261. The molecule has 0 aromatic carbocycles. The van der Waals surface area contributed by atoms with Crippen molar-refractivity contribution in [3.63, 3.8) is 0 Å². The summed E-state index contributed by atoms with van der Waals surface area (Å²) in [7, 11) is 0. The lowest BCUT2D eigenvalue weighted by Gasteiger charge is -2.18. The van der Waals surface area contributed by atoms with Crippen molar-refractivity contribution < 1.29 is 28.6 Å². The molecular formula is C74H126O6. The van der Waals surface area contributed by atoms with E-state index in [0.29, 0.717) is 19.3 Å². The minimum atomic E-state index is -0.800. The van der Waals surface area contributed by atoms with Crippen molar-refractivity contribution in [1.82, 2.24) is 0 Å². The third-order valence-electron chi connectivity index (χ3n) is 14.5. The number of unbranched alkanes of at least 4 members (excludes halogenated alkanes) is 32. The van der Waals surface area contributed by atoms with Gasteiger partial charge in [0.15, 0.2) is 6.10 Å². The summed E-state index contributed by atoms with van der Waals surface area (Å²) in [5.74, 6) is -0.927. The van der Waals surface area contributed by atoms with Crippen LogP contribution < -0.4 is 0 Å². The molecule has 0 aromatic heterocycles. The number of carbonyl (C=O) groups excluding carboxylic acids is 3. The fourth-order valence-electron chi connectivity index (χ4n) is 9.41. The van der Waals surface area contributed by atoms with Crippen LogP contribution in [0.4, 0.5) is 0 Å². The van der Waals surface area contributed by atoms with Gasteiger partial charge < -0.3 is 14.2 Å². The zero-order valence-corrected chi connectivity index (χ0v) is 52.6. The predicted molar refractivity (Wildman–Crippen MR) is 348 cm³/mol. The zero-order chi connectivity index (χ0) is 57.8. The fraction of sp³-hybridized carbons (Fsp3) is 0.716. The third kappa shape index (κ3) is 64.9. The van der Waals surface area contributed by atoms with Crippen LogP contribution in [0, 0.1) is 0 Å². The Kier molecular flexibility index (Phi) is 64.3. The molecule has 1 atom stereocenters. The molecule has 0 rings (SSSR count). The highest BCUT2D eigenvalue weighted by Crippen LogP contribution is 2.16. The molecule has 0 fully saturated rings. The summed E-state index contributed by atoms with van der Waals surface area (Å²) in [6.07, 6.45) is 92.4. The molecule has 6 heteroatoms. The van der Waals surface area contributed by atoms with Crippen LogP contribution in [0.3, 0.4) is 0 Å². The van der Waals surface area contributed by atoms with Crippen molar-refractivity contribution in [1.29, 1.82) is 0 Å². The number of esters is 3. The van der Waals surface area contributed by atoms with E-state index in [9.17, 15) is 14.4 Å². The molecule has 0 heterocycles. The van der Waals surface area contributed by atoms with Crippen molar-refractivity contribution >= 4 is 17.9 Å². The van der Waals surface area contributed by atoms with Gasteiger partial charge in [-0.05, 0) is 128 Å². The van der Waals surface area contributed by atoms with Crippen molar-refractivity contribution in [3.8, 4) is 0 Å². The number of hydrogen-bond acceptors (Lipinski definition) is 6. The smallest absolute Gasteiger partial charge is 0.306 e. The Morgan fingerprint density at radius 3 is 0.787 bits per heavy atom. The average molecular weight is 1110 g/mol. The Morgan fingerprint density at radius 1 is 0.263 bits per heavy atom. The molecule has 0 radical (unpaired) electrons. The largest absolute Gasteiger partial charge is 0.462 e. The minimum absolute atomic E-state index is 0.0937. The van der Waals surface area contributed by atoms with Crippen molar-refractivity contribution in [2.75, 3.05) is 13.2 Å². The molecule has 0 bridgehead atoms. The van der Waals surface area contributed by atoms with Crippen molar-refractivity contribution in [2.45, 2.75) is 329 Å². The first-order valence-corrected chi connectivity index (χ1v) is 33.9. The molecule has 458 valence electrons. The molecule has 0 aliphatic carbocycles. The van der Waals surface area contributed by atoms with Gasteiger partial charge in [0, 0.05) is 19.3 Å². The normalized spacial score (nSPS) is 12.8. The number of hydrogen-bond donors (Lipinski definition) is 0. The van der Waals surface area contributed by atoms with Crippen LogP contribution >= 0.6 is 0 Å². The first kappa shape index (κ1) is 76.1. The van der Waals surface area contributed by atoms with Crippen LogP contribution in [0.25, 0.3) is 0 Å². The number of ether oxygens (including phenoxy) is 3. The lowest BCUT2D eigenvalue weighted by Crippen LogP contribution is -2.30. The maximum absolute atomic E-state index is 12.9. The van der Waals surface area contributed by atoms with Gasteiger partial charge in [0.25, 0.3) is 0 Å². The van der Waals surface area contributed by atoms with Gasteiger partial charge in [0.2, 0.25) is 0 Å². The molecule has 0 aromatic rings. The van der Waals surface area contributed by atoms with E-state index in [1.807, 2.05) is 0 Å². The summed E-state index contributed by atoms with van der Waals surface area (Å²) in [5, 5.41) is 0. The Morgan fingerprint density at radius 2 is 0.487 bits per heavy atom. The lowest BCUT2D eigenvalue weighted by atomic mass is 10.1. The second-order valence-electron chi connectivity index (χ2n) is 22.3. The molecule has 1 unspecified atom stereocenters. The third-order valence-corrected chi connectivity index (χ3v) is 14.5. The number of carbonyl (C=O) groups is 3. The fourth-order valence-corrected chi connectivity index (χ4v) is 9.41. The summed E-state index contributed by atoms with van der Waals surface area (Å²) < 4.78 is 16.9. The highest BCUT2D eigenvalue weighted by Gasteiger charge is 2.19. The maximum Gasteiger partial charge on any atom is 0.306 e. The Hall–Kier alpha value is -3.93. The SMILES string of the molecule is CC/C=C\C/C=C\C/C=C\C/C=C\C/C=C\C/C=C\C/C=C\CCCCCC(=O)OCC(COC(=O)CCCCCCC/C=C\CCCCCCCCC)OC(=O)CCCCCCCCCCC/C=C\CCCCCCCCCC. The van der Waals surface area contributed by atoms with Gasteiger partial charge in [-0.1, -0.05) is 284 Å². The van der Waals surface area contributed by atoms with Crippen LogP contribution in [0.15, 0.2) is 109 Å². The summed E-state index contributed by atoms with van der Waals surface area (Å²) in [4.78, 5) is 38.4. The Bertz CT molecular complexity index is 1610. The Labute approximate surface area is 495 Å². The average Bonchev–Trinajstić information content (AvgIpc) is 3.46. The van der Waals surface area contributed by atoms with Gasteiger partial charge >= 0.3 is 17.9 Å². The Balaban J connectivity index is 4.45. The molecular weight excluding hydrogens is 985 g/mol. The van der Waals surface area contributed by atoms with Gasteiger partial charge in [0.1, 0.15) is 13.2 Å². The van der Waals surface area contributed by atoms with E-state index >= 15 is 0 Å². The number of allylic oxidation sites excluding steroid dienone is 18. The molecule has 80 heavy (non-hydrogen) atoms. The first-order valence-electron chi connectivity index (χ1n) is 33.9. The van der Waals surface area contributed by atoms with Crippen LogP contribution in [-0.2, 0) is 28.6 Å². The standard InChI is InChI=1S/C74H126O6/c1-4-7-10-13-16-19-22-25-28-31-33-35-36-37-38-40-41-43-46-49-52-55-58-61-64-67-73(76)79-70-71(69-78-72(75)66-63-60-57-54-51-48-45-30-27-24-21-18-15-12-9-6-3)80-74(77)68-65-62-59-56-53-50-47-44-42-39-34-32-29-26-23-20-17-14-11-8-5-2/h7,10,16,19,25,28,30,32-35,37-38,41,43,45,49,52,71H,4-6,8-9,11-15,17-18,20-24,26-27,29,31,36,39-40,42,44,46-48,50-51,53-70H2,1-3H3/b10-7-,19-16-,28-25-,34-32-,35-33-,38-37-,43-41-,45-30-,52-49-. The minimum Gasteiger partial charge on any atom is -0.462 e. The predicted octanol–water partition coefficient (Wildman–Crippen LogP) is 23.4. The molecule has 0 N–H and O–H groups in total. The number of rotatable bonds is 61. The van der Waals surface area contributed by atoms with Gasteiger partial charge in [-0.25, -0.2) is 0 Å². The zero-order valence-electron chi connectivity index (χ0n) is 52.6. The highest BCUT2D eigenvalue weighted by atomic mass is 16.6. The lowest BCUT2D eigenvalue weighted by molar-refractivity contribution is -0.167.